The standard InChI is InChI=1S/C25H22N2O3.C4H7N/c1-16-7-8-18(29-2)15-20(16)24(28)27-25(9-10-25)21-13-17(23-6-4-12-30-23)14-22-19(21)5-3-11-26-22;1-5-3-2-4-5/h3-8,11-15H,9-10H2,1-2H3,(H,27,28);2-3H,4H2,1H3. The van der Waals surface area contributed by atoms with Crippen LogP contribution in [0.25, 0.3) is 22.2 Å². The van der Waals surface area contributed by atoms with E-state index in [0.29, 0.717) is 11.3 Å². The average molecular weight is 468 g/mol. The minimum Gasteiger partial charge on any atom is -0.497 e. The van der Waals surface area contributed by atoms with Crippen LogP contribution in [0.2, 0.25) is 0 Å². The Morgan fingerprint density at radius 1 is 1.14 bits per heavy atom. The highest BCUT2D eigenvalue weighted by Gasteiger charge is 2.47. The van der Waals surface area contributed by atoms with Gasteiger partial charge in [-0.2, -0.15) is 0 Å². The lowest BCUT2D eigenvalue weighted by Crippen LogP contribution is -2.35. The van der Waals surface area contributed by atoms with E-state index in [4.69, 9.17) is 9.15 Å². The maximum absolute atomic E-state index is 13.2. The number of methoxy groups -OCH3 is 1. The Morgan fingerprint density at radius 3 is 2.57 bits per heavy atom. The minimum absolute atomic E-state index is 0.0932. The molecule has 1 saturated carbocycles. The third kappa shape index (κ3) is 4.64. The van der Waals surface area contributed by atoms with Crippen molar-refractivity contribution in [2.45, 2.75) is 25.3 Å². The fraction of sp³-hybridized carbons (Fsp3) is 0.241. The SMILES string of the molecule is CN1C=CC1.COc1ccc(C)c(C(=O)NC2(c3cc(-c4ccco4)cc4ncccc34)CC2)c1. The molecule has 35 heavy (non-hydrogen) atoms. The lowest BCUT2D eigenvalue weighted by Gasteiger charge is -2.21. The molecular formula is C29H29N3O3. The maximum atomic E-state index is 13.2. The molecule has 0 unspecified atom stereocenters. The van der Waals surface area contributed by atoms with Gasteiger partial charge >= 0.3 is 0 Å². The molecule has 1 amide bonds. The normalized spacial score (nSPS) is 15.1. The largest absolute Gasteiger partial charge is 0.497 e. The molecule has 1 fully saturated rings. The molecule has 0 spiro atoms. The zero-order chi connectivity index (χ0) is 24.4. The summed E-state index contributed by atoms with van der Waals surface area (Å²) in [5, 5.41) is 4.35. The van der Waals surface area contributed by atoms with Gasteiger partial charge in [0.1, 0.15) is 11.5 Å². The fourth-order valence-corrected chi connectivity index (χ4v) is 4.32. The summed E-state index contributed by atoms with van der Waals surface area (Å²) in [7, 11) is 3.66. The number of nitrogens with zero attached hydrogens (tertiary/aromatic N) is 2. The summed E-state index contributed by atoms with van der Waals surface area (Å²) in [6.07, 6.45) is 9.40. The molecule has 0 radical (unpaired) electrons. The minimum atomic E-state index is -0.406. The van der Waals surface area contributed by atoms with Gasteiger partial charge in [0.25, 0.3) is 5.91 Å². The molecule has 1 aliphatic heterocycles. The molecule has 6 nitrogen and oxygen atoms in total. The Hall–Kier alpha value is -4.06. The number of aromatic nitrogens is 1. The number of carbonyl (C=O) groups excluding carboxylic acids is 1. The van der Waals surface area contributed by atoms with Crippen molar-refractivity contribution >= 4 is 16.8 Å². The van der Waals surface area contributed by atoms with Crippen LogP contribution in [0.4, 0.5) is 0 Å². The molecule has 178 valence electrons. The molecule has 4 aromatic rings. The van der Waals surface area contributed by atoms with Crippen LogP contribution in [-0.2, 0) is 5.54 Å². The highest BCUT2D eigenvalue weighted by atomic mass is 16.5. The molecule has 1 aliphatic carbocycles. The number of amides is 1. The molecule has 3 heterocycles. The van der Waals surface area contributed by atoms with Gasteiger partial charge in [0, 0.05) is 36.3 Å². The maximum Gasteiger partial charge on any atom is 0.252 e. The predicted octanol–water partition coefficient (Wildman–Crippen LogP) is 5.68. The van der Waals surface area contributed by atoms with Crippen LogP contribution in [0.3, 0.4) is 0 Å². The first-order chi connectivity index (χ1) is 17.0. The molecular weight excluding hydrogens is 438 g/mol. The molecule has 2 aliphatic rings. The van der Waals surface area contributed by atoms with E-state index in [1.807, 2.05) is 43.3 Å². The summed E-state index contributed by atoms with van der Waals surface area (Å²) in [6.45, 7) is 3.07. The van der Waals surface area contributed by atoms with Crippen molar-refractivity contribution in [3.63, 3.8) is 0 Å². The number of hydrogen-bond acceptors (Lipinski definition) is 5. The number of hydrogen-bond donors (Lipinski definition) is 1. The number of aryl methyl sites for hydroxylation is 1. The topological polar surface area (TPSA) is 67.6 Å². The van der Waals surface area contributed by atoms with Gasteiger partial charge in [0.2, 0.25) is 0 Å². The first-order valence-electron chi connectivity index (χ1n) is 11.8. The third-order valence-corrected chi connectivity index (χ3v) is 6.59. The molecule has 6 rings (SSSR count). The monoisotopic (exact) mass is 467 g/mol. The smallest absolute Gasteiger partial charge is 0.252 e. The quantitative estimate of drug-likeness (QED) is 0.409. The second kappa shape index (κ2) is 9.29. The summed E-state index contributed by atoms with van der Waals surface area (Å²) in [6, 6.07) is 17.5. The highest BCUT2D eigenvalue weighted by Crippen LogP contribution is 2.49. The zero-order valence-corrected chi connectivity index (χ0v) is 20.2. The molecule has 0 atom stereocenters. The molecule has 0 saturated heterocycles. The molecule has 2 aromatic carbocycles. The van der Waals surface area contributed by atoms with Gasteiger partial charge in [-0.25, -0.2) is 0 Å². The Bertz CT molecular complexity index is 1390. The Balaban J connectivity index is 0.000000453. The lowest BCUT2D eigenvalue weighted by molar-refractivity contribution is 0.0930. The highest BCUT2D eigenvalue weighted by molar-refractivity contribution is 5.98. The summed E-state index contributed by atoms with van der Waals surface area (Å²) >= 11 is 0. The number of benzene rings is 2. The summed E-state index contributed by atoms with van der Waals surface area (Å²) in [5.41, 5.74) is 4.06. The van der Waals surface area contributed by atoms with Crippen LogP contribution in [-0.4, -0.2) is 36.5 Å². The van der Waals surface area contributed by atoms with E-state index < -0.39 is 5.54 Å². The van der Waals surface area contributed by atoms with E-state index in [1.165, 1.54) is 0 Å². The third-order valence-electron chi connectivity index (χ3n) is 6.59. The number of likely N-dealkylation sites (N-methyl/N-ethyl adjacent to an activating group) is 1. The van der Waals surface area contributed by atoms with Crippen LogP contribution >= 0.6 is 0 Å². The van der Waals surface area contributed by atoms with E-state index in [-0.39, 0.29) is 5.91 Å². The van der Waals surface area contributed by atoms with Gasteiger partial charge in [0.15, 0.2) is 0 Å². The summed E-state index contributed by atoms with van der Waals surface area (Å²) < 4.78 is 10.9. The zero-order valence-electron chi connectivity index (χ0n) is 20.2. The van der Waals surface area contributed by atoms with E-state index in [2.05, 4.69) is 46.7 Å². The van der Waals surface area contributed by atoms with E-state index in [9.17, 15) is 4.79 Å². The number of ether oxygens (including phenoxy) is 1. The van der Waals surface area contributed by atoms with E-state index in [1.54, 1.807) is 25.6 Å². The first kappa shape index (κ1) is 22.7. The predicted molar refractivity (Wildman–Crippen MR) is 137 cm³/mol. The summed E-state index contributed by atoms with van der Waals surface area (Å²) in [5.74, 6) is 1.36. The number of carbonyl (C=O) groups is 1. The molecule has 0 bridgehead atoms. The Morgan fingerprint density at radius 2 is 1.94 bits per heavy atom. The van der Waals surface area contributed by atoms with Crippen LogP contribution in [0, 0.1) is 6.92 Å². The van der Waals surface area contributed by atoms with Crippen molar-refractivity contribution in [1.29, 1.82) is 0 Å². The first-order valence-corrected chi connectivity index (χ1v) is 11.8. The number of fused-ring (bicyclic) bond motifs is 1. The second-order valence-corrected chi connectivity index (χ2v) is 9.11. The summed E-state index contributed by atoms with van der Waals surface area (Å²) in [4.78, 5) is 19.9. The van der Waals surface area contributed by atoms with Gasteiger partial charge in [-0.15, -0.1) is 0 Å². The van der Waals surface area contributed by atoms with Crippen LogP contribution in [0.15, 0.2) is 83.8 Å². The van der Waals surface area contributed by atoms with Crippen molar-refractivity contribution < 1.29 is 13.9 Å². The Kier molecular flexibility index (Phi) is 6.03. The second-order valence-electron chi connectivity index (χ2n) is 9.11. The molecule has 2 aromatic heterocycles. The molecule has 1 N–H and O–H groups in total. The van der Waals surface area contributed by atoms with Crippen LogP contribution in [0.1, 0.15) is 34.3 Å². The fourth-order valence-electron chi connectivity index (χ4n) is 4.32. The number of rotatable bonds is 5. The lowest BCUT2D eigenvalue weighted by atomic mass is 9.95. The van der Waals surface area contributed by atoms with Crippen molar-refractivity contribution in [3.05, 3.63) is 96.0 Å². The van der Waals surface area contributed by atoms with Crippen molar-refractivity contribution in [2.75, 3.05) is 20.7 Å². The van der Waals surface area contributed by atoms with Gasteiger partial charge in [0.05, 0.1) is 24.4 Å². The van der Waals surface area contributed by atoms with E-state index >= 15 is 0 Å². The Labute approximate surface area is 205 Å². The van der Waals surface area contributed by atoms with E-state index in [0.717, 1.165) is 52.7 Å². The number of pyridine rings is 1. The van der Waals surface area contributed by atoms with Crippen molar-refractivity contribution in [1.82, 2.24) is 15.2 Å². The van der Waals surface area contributed by atoms with Gasteiger partial charge in [-0.05, 0) is 85.6 Å². The van der Waals surface area contributed by atoms with Gasteiger partial charge < -0.3 is 19.4 Å². The van der Waals surface area contributed by atoms with Gasteiger partial charge in [-0.1, -0.05) is 12.1 Å². The van der Waals surface area contributed by atoms with Crippen molar-refractivity contribution in [2.24, 2.45) is 0 Å². The van der Waals surface area contributed by atoms with Crippen LogP contribution in [0.5, 0.6) is 5.75 Å². The average Bonchev–Trinajstić information content (AvgIpc) is 3.42. The van der Waals surface area contributed by atoms with Gasteiger partial charge in [-0.3, -0.25) is 9.78 Å². The van der Waals surface area contributed by atoms with Crippen LogP contribution < -0.4 is 10.1 Å². The number of nitrogens with one attached hydrogen (secondary N) is 1. The van der Waals surface area contributed by atoms with Crippen molar-refractivity contribution in [3.8, 4) is 17.1 Å². The molecule has 6 heteroatoms. The number of furan rings is 1.